The van der Waals surface area contributed by atoms with Crippen molar-refractivity contribution in [3.8, 4) is 5.75 Å². The fraction of sp³-hybridized carbons (Fsp3) is 0.562. The number of anilines is 1. The summed E-state index contributed by atoms with van der Waals surface area (Å²) in [5.41, 5.74) is 0.573. The Balaban J connectivity index is 2.07. The van der Waals surface area contributed by atoms with Gasteiger partial charge in [-0.3, -0.25) is 4.79 Å². The fourth-order valence-corrected chi connectivity index (χ4v) is 2.91. The summed E-state index contributed by atoms with van der Waals surface area (Å²) in [6.45, 7) is 3.93. The average Bonchev–Trinajstić information content (AvgIpc) is 2.49. The summed E-state index contributed by atoms with van der Waals surface area (Å²) in [5.74, 6) is 0.933. The third-order valence-electron chi connectivity index (χ3n) is 4.03. The van der Waals surface area contributed by atoms with Crippen molar-refractivity contribution < 1.29 is 9.53 Å². The normalized spacial score (nSPS) is 22.3. The van der Waals surface area contributed by atoms with Gasteiger partial charge in [-0.15, -0.1) is 0 Å². The first kappa shape index (κ1) is 14.9. The molecule has 0 spiro atoms. The average molecular weight is 276 g/mol. The van der Waals surface area contributed by atoms with Crippen molar-refractivity contribution in [3.05, 3.63) is 24.3 Å². The van der Waals surface area contributed by atoms with Gasteiger partial charge in [0.15, 0.2) is 0 Å². The highest BCUT2D eigenvalue weighted by atomic mass is 16.5. The molecule has 20 heavy (non-hydrogen) atoms. The summed E-state index contributed by atoms with van der Waals surface area (Å²) >= 11 is 0. The zero-order valence-electron chi connectivity index (χ0n) is 12.4. The van der Waals surface area contributed by atoms with Crippen LogP contribution in [-0.2, 0) is 4.79 Å². The predicted molar refractivity (Wildman–Crippen MR) is 81.1 cm³/mol. The van der Waals surface area contributed by atoms with Gasteiger partial charge in [-0.1, -0.05) is 13.3 Å². The molecule has 0 radical (unpaired) electrons. The molecule has 1 saturated heterocycles. The summed E-state index contributed by atoms with van der Waals surface area (Å²) < 4.78 is 5.13. The molecule has 4 nitrogen and oxygen atoms in total. The predicted octanol–water partition coefficient (Wildman–Crippen LogP) is 2.80. The third-order valence-corrected chi connectivity index (χ3v) is 4.03. The van der Waals surface area contributed by atoms with E-state index in [0.29, 0.717) is 0 Å². The molecule has 1 atom stereocenters. The molecule has 1 heterocycles. The Morgan fingerprint density at radius 2 is 2.15 bits per heavy atom. The molecule has 2 rings (SSSR count). The smallest absolute Gasteiger partial charge is 0.231 e. The molecule has 4 heteroatoms. The van der Waals surface area contributed by atoms with Crippen molar-refractivity contribution in [1.82, 2.24) is 5.32 Å². The van der Waals surface area contributed by atoms with Gasteiger partial charge in [0.1, 0.15) is 5.75 Å². The van der Waals surface area contributed by atoms with E-state index in [1.54, 1.807) is 7.11 Å². The number of carbonyl (C=O) groups excluding carboxylic acids is 1. The molecule has 1 aliphatic rings. The standard InChI is InChI=1S/C16H24N2O2/c1-3-9-16(10-4-11-17-12-16)15(19)18-13-5-7-14(20-2)8-6-13/h5-8,17H,3-4,9-12H2,1-2H3,(H,18,19). The van der Waals surface area contributed by atoms with Gasteiger partial charge in [-0.2, -0.15) is 0 Å². The number of hydrogen-bond acceptors (Lipinski definition) is 3. The van der Waals surface area contributed by atoms with Crippen LogP contribution in [0.15, 0.2) is 24.3 Å². The van der Waals surface area contributed by atoms with Crippen LogP contribution in [0.5, 0.6) is 5.75 Å². The molecule has 0 saturated carbocycles. The van der Waals surface area contributed by atoms with E-state index in [1.807, 2.05) is 24.3 Å². The maximum Gasteiger partial charge on any atom is 0.231 e. The largest absolute Gasteiger partial charge is 0.497 e. The van der Waals surface area contributed by atoms with Gasteiger partial charge in [0.25, 0.3) is 0 Å². The molecule has 110 valence electrons. The molecule has 0 aromatic heterocycles. The van der Waals surface area contributed by atoms with Gasteiger partial charge >= 0.3 is 0 Å². The van der Waals surface area contributed by atoms with Gasteiger partial charge in [-0.25, -0.2) is 0 Å². The fourth-order valence-electron chi connectivity index (χ4n) is 2.91. The van der Waals surface area contributed by atoms with E-state index < -0.39 is 0 Å². The Bertz CT molecular complexity index is 431. The first-order chi connectivity index (χ1) is 9.70. The summed E-state index contributed by atoms with van der Waals surface area (Å²) in [6, 6.07) is 7.49. The molecule has 1 fully saturated rings. The van der Waals surface area contributed by atoms with E-state index in [4.69, 9.17) is 4.74 Å². The van der Waals surface area contributed by atoms with E-state index in [9.17, 15) is 4.79 Å². The van der Waals surface area contributed by atoms with Crippen LogP contribution >= 0.6 is 0 Å². The van der Waals surface area contributed by atoms with E-state index in [-0.39, 0.29) is 11.3 Å². The van der Waals surface area contributed by atoms with Gasteiger partial charge in [0.05, 0.1) is 12.5 Å². The molecule has 1 unspecified atom stereocenters. The van der Waals surface area contributed by atoms with E-state index >= 15 is 0 Å². The summed E-state index contributed by atoms with van der Waals surface area (Å²) in [4.78, 5) is 12.7. The zero-order chi connectivity index (χ0) is 14.4. The highest BCUT2D eigenvalue weighted by Crippen LogP contribution is 2.33. The molecule has 0 bridgehead atoms. The summed E-state index contributed by atoms with van der Waals surface area (Å²) in [7, 11) is 1.64. The van der Waals surface area contributed by atoms with Crippen LogP contribution < -0.4 is 15.4 Å². The van der Waals surface area contributed by atoms with Crippen molar-refractivity contribution in [2.24, 2.45) is 5.41 Å². The molecular weight excluding hydrogens is 252 g/mol. The molecule has 1 aromatic carbocycles. The van der Waals surface area contributed by atoms with Crippen LogP contribution in [0.1, 0.15) is 32.6 Å². The number of amides is 1. The number of piperidine rings is 1. The second-order valence-electron chi connectivity index (χ2n) is 5.49. The Morgan fingerprint density at radius 1 is 1.40 bits per heavy atom. The summed E-state index contributed by atoms with van der Waals surface area (Å²) in [6.07, 6.45) is 3.99. The molecule has 2 N–H and O–H groups in total. The zero-order valence-corrected chi connectivity index (χ0v) is 12.4. The van der Waals surface area contributed by atoms with Crippen molar-refractivity contribution >= 4 is 11.6 Å². The second-order valence-corrected chi connectivity index (χ2v) is 5.49. The number of hydrogen-bond donors (Lipinski definition) is 2. The maximum absolute atomic E-state index is 12.7. The molecule has 0 aliphatic carbocycles. The quantitative estimate of drug-likeness (QED) is 0.869. The van der Waals surface area contributed by atoms with Crippen molar-refractivity contribution in [2.45, 2.75) is 32.6 Å². The number of carbonyl (C=O) groups is 1. The molecular formula is C16H24N2O2. The van der Waals surface area contributed by atoms with Crippen molar-refractivity contribution in [2.75, 3.05) is 25.5 Å². The minimum absolute atomic E-state index is 0.136. The minimum atomic E-state index is -0.257. The maximum atomic E-state index is 12.7. The Hall–Kier alpha value is -1.55. The number of nitrogens with one attached hydrogen (secondary N) is 2. The number of methoxy groups -OCH3 is 1. The Kier molecular flexibility index (Phi) is 5.01. The number of ether oxygens (including phenoxy) is 1. The highest BCUT2D eigenvalue weighted by Gasteiger charge is 2.38. The SMILES string of the molecule is CCCC1(C(=O)Nc2ccc(OC)cc2)CCCNC1. The van der Waals surface area contributed by atoms with Gasteiger partial charge < -0.3 is 15.4 Å². The first-order valence-electron chi connectivity index (χ1n) is 7.36. The lowest BCUT2D eigenvalue weighted by atomic mass is 9.76. The first-order valence-corrected chi connectivity index (χ1v) is 7.36. The monoisotopic (exact) mass is 276 g/mol. The van der Waals surface area contributed by atoms with E-state index in [0.717, 1.165) is 50.2 Å². The van der Waals surface area contributed by atoms with Crippen molar-refractivity contribution in [1.29, 1.82) is 0 Å². The molecule has 1 amide bonds. The number of rotatable bonds is 5. The molecule has 1 aliphatic heterocycles. The Morgan fingerprint density at radius 3 is 2.70 bits per heavy atom. The Labute approximate surface area is 120 Å². The van der Waals surface area contributed by atoms with Gasteiger partial charge in [0.2, 0.25) is 5.91 Å². The van der Waals surface area contributed by atoms with Crippen molar-refractivity contribution in [3.63, 3.8) is 0 Å². The minimum Gasteiger partial charge on any atom is -0.497 e. The lowest BCUT2D eigenvalue weighted by Crippen LogP contribution is -2.48. The van der Waals surface area contributed by atoms with Crippen LogP contribution in [-0.4, -0.2) is 26.1 Å². The molecule has 1 aromatic rings. The lowest BCUT2D eigenvalue weighted by molar-refractivity contribution is -0.127. The van der Waals surface area contributed by atoms with Gasteiger partial charge in [0, 0.05) is 12.2 Å². The van der Waals surface area contributed by atoms with Crippen LogP contribution in [0.4, 0.5) is 5.69 Å². The topological polar surface area (TPSA) is 50.4 Å². The van der Waals surface area contributed by atoms with Crippen LogP contribution in [0.25, 0.3) is 0 Å². The summed E-state index contributed by atoms with van der Waals surface area (Å²) in [5, 5.41) is 6.42. The van der Waals surface area contributed by atoms with Crippen LogP contribution in [0.2, 0.25) is 0 Å². The highest BCUT2D eigenvalue weighted by molar-refractivity contribution is 5.95. The van der Waals surface area contributed by atoms with Gasteiger partial charge in [-0.05, 0) is 50.1 Å². The lowest BCUT2D eigenvalue weighted by Gasteiger charge is -2.36. The second kappa shape index (κ2) is 6.75. The third kappa shape index (κ3) is 3.31. The van der Waals surface area contributed by atoms with E-state index in [2.05, 4.69) is 17.6 Å². The number of benzene rings is 1. The van der Waals surface area contributed by atoms with E-state index in [1.165, 1.54) is 0 Å². The van der Waals surface area contributed by atoms with Crippen LogP contribution in [0.3, 0.4) is 0 Å². The van der Waals surface area contributed by atoms with Crippen LogP contribution in [0, 0.1) is 5.41 Å².